The third-order valence-corrected chi connectivity index (χ3v) is 3.70. The molecule has 15 heavy (non-hydrogen) atoms. The first-order valence-electron chi connectivity index (χ1n) is 5.14. The van der Waals surface area contributed by atoms with Crippen LogP contribution in [0.4, 0.5) is 0 Å². The summed E-state index contributed by atoms with van der Waals surface area (Å²) in [6, 6.07) is 9.85. The Morgan fingerprint density at radius 3 is 2.73 bits per heavy atom. The highest BCUT2D eigenvalue weighted by Gasteiger charge is 2.64. The Kier molecular flexibility index (Phi) is 1.68. The summed E-state index contributed by atoms with van der Waals surface area (Å²) in [5.74, 6) is -1.08. The zero-order chi connectivity index (χ0) is 10.5. The van der Waals surface area contributed by atoms with Crippen LogP contribution in [0.1, 0.15) is 12.0 Å². The predicted molar refractivity (Wildman–Crippen MR) is 53.6 cm³/mol. The number of aliphatic carboxylic acids is 1. The van der Waals surface area contributed by atoms with Crippen molar-refractivity contribution in [2.24, 2.45) is 5.92 Å². The largest absolute Gasteiger partial charge is 0.481 e. The first-order valence-corrected chi connectivity index (χ1v) is 5.14. The molecule has 3 nitrogen and oxygen atoms in total. The molecule has 2 saturated heterocycles. The Morgan fingerprint density at radius 2 is 2.13 bits per heavy atom. The van der Waals surface area contributed by atoms with E-state index in [1.807, 2.05) is 30.3 Å². The number of carbonyl (C=O) groups is 1. The number of carboxylic acid groups (broad SMARTS) is 1. The van der Waals surface area contributed by atoms with E-state index in [1.165, 1.54) is 0 Å². The zero-order valence-electron chi connectivity index (χ0n) is 8.22. The second-order valence-electron chi connectivity index (χ2n) is 4.39. The number of ether oxygens (including phenoxy) is 1. The SMILES string of the molecule is O=C(O)[C@@H]1[C@H]2C[C@]1(c1ccccc1)CO2. The van der Waals surface area contributed by atoms with Gasteiger partial charge in [0.1, 0.15) is 0 Å². The highest BCUT2D eigenvalue weighted by Crippen LogP contribution is 2.56. The summed E-state index contributed by atoms with van der Waals surface area (Å²) < 4.78 is 5.48. The minimum absolute atomic E-state index is 0.0669. The fourth-order valence-corrected chi connectivity index (χ4v) is 2.90. The van der Waals surface area contributed by atoms with Crippen LogP contribution in [-0.4, -0.2) is 23.8 Å². The van der Waals surface area contributed by atoms with Crippen LogP contribution in [-0.2, 0) is 14.9 Å². The summed E-state index contributed by atoms with van der Waals surface area (Å²) >= 11 is 0. The molecule has 0 radical (unpaired) electrons. The molecule has 1 saturated carbocycles. The molecule has 2 heterocycles. The molecule has 1 aliphatic carbocycles. The molecule has 1 aromatic carbocycles. The van der Waals surface area contributed by atoms with Crippen LogP contribution in [0.3, 0.4) is 0 Å². The lowest BCUT2D eigenvalue weighted by Crippen LogP contribution is -2.52. The van der Waals surface area contributed by atoms with Gasteiger partial charge in [-0.2, -0.15) is 0 Å². The fraction of sp³-hybridized carbons (Fsp3) is 0.417. The van der Waals surface area contributed by atoms with Crippen LogP contribution >= 0.6 is 0 Å². The monoisotopic (exact) mass is 204 g/mol. The minimum atomic E-state index is -0.729. The third-order valence-electron chi connectivity index (χ3n) is 3.70. The lowest BCUT2D eigenvalue weighted by Gasteiger charge is -2.42. The number of carboxylic acids is 1. The topological polar surface area (TPSA) is 46.5 Å². The first kappa shape index (κ1) is 8.92. The van der Waals surface area contributed by atoms with Gasteiger partial charge in [0, 0.05) is 5.41 Å². The minimum Gasteiger partial charge on any atom is -0.481 e. The Labute approximate surface area is 87.7 Å². The van der Waals surface area contributed by atoms with Crippen molar-refractivity contribution in [1.82, 2.24) is 0 Å². The summed E-state index contributed by atoms with van der Waals surface area (Å²) in [6.45, 7) is 0.554. The van der Waals surface area contributed by atoms with Gasteiger partial charge >= 0.3 is 5.97 Å². The average Bonchev–Trinajstić information content (AvgIpc) is 2.76. The standard InChI is InChI=1S/C12H12O3/c13-11(14)10-9-6-12(10,7-15-9)8-4-2-1-3-5-8/h1-5,9-10H,6-7H2,(H,13,14)/t9-,10+,12-/m1/s1. The van der Waals surface area contributed by atoms with Gasteiger partial charge < -0.3 is 9.84 Å². The summed E-state index contributed by atoms with van der Waals surface area (Å²) in [5.41, 5.74) is 0.851. The van der Waals surface area contributed by atoms with Crippen molar-refractivity contribution in [3.8, 4) is 0 Å². The molecule has 78 valence electrons. The van der Waals surface area contributed by atoms with Gasteiger partial charge in [0.25, 0.3) is 0 Å². The average molecular weight is 204 g/mol. The van der Waals surface area contributed by atoms with Gasteiger partial charge in [-0.05, 0) is 12.0 Å². The highest BCUT2D eigenvalue weighted by atomic mass is 16.5. The fourth-order valence-electron chi connectivity index (χ4n) is 2.90. The normalized spacial score (nSPS) is 37.3. The molecule has 3 fully saturated rings. The van der Waals surface area contributed by atoms with Crippen molar-refractivity contribution in [1.29, 1.82) is 0 Å². The van der Waals surface area contributed by atoms with Gasteiger partial charge in [-0.1, -0.05) is 30.3 Å². The summed E-state index contributed by atoms with van der Waals surface area (Å²) in [6.07, 6.45) is 0.788. The number of hydrogen-bond donors (Lipinski definition) is 1. The van der Waals surface area contributed by atoms with Crippen LogP contribution in [0.2, 0.25) is 0 Å². The Bertz CT molecular complexity index is 397. The van der Waals surface area contributed by atoms with E-state index in [0.717, 1.165) is 12.0 Å². The van der Waals surface area contributed by atoms with Crippen molar-refractivity contribution >= 4 is 5.97 Å². The van der Waals surface area contributed by atoms with Crippen LogP contribution in [0.25, 0.3) is 0 Å². The third kappa shape index (κ3) is 1.01. The number of benzene rings is 1. The summed E-state index contributed by atoms with van der Waals surface area (Å²) in [4.78, 5) is 11.1. The zero-order valence-corrected chi connectivity index (χ0v) is 8.22. The van der Waals surface area contributed by atoms with Crippen molar-refractivity contribution in [2.45, 2.75) is 17.9 Å². The molecule has 3 atom stereocenters. The van der Waals surface area contributed by atoms with Gasteiger partial charge in [0.15, 0.2) is 0 Å². The van der Waals surface area contributed by atoms with E-state index in [4.69, 9.17) is 9.84 Å². The van der Waals surface area contributed by atoms with E-state index in [9.17, 15) is 4.79 Å². The molecular weight excluding hydrogens is 192 g/mol. The molecule has 1 aromatic rings. The predicted octanol–water partition coefficient (Wildman–Crippen LogP) is 1.43. The number of rotatable bonds is 2. The molecule has 2 bridgehead atoms. The van der Waals surface area contributed by atoms with Crippen molar-refractivity contribution in [3.05, 3.63) is 35.9 Å². The molecule has 0 aromatic heterocycles. The lowest BCUT2D eigenvalue weighted by molar-refractivity contribution is -0.150. The number of fused-ring (bicyclic) bond motifs is 1. The highest BCUT2D eigenvalue weighted by molar-refractivity contribution is 5.76. The second kappa shape index (κ2) is 2.83. The smallest absolute Gasteiger partial charge is 0.310 e. The Morgan fingerprint density at radius 1 is 1.40 bits per heavy atom. The lowest BCUT2D eigenvalue weighted by atomic mass is 9.58. The van der Waals surface area contributed by atoms with E-state index in [-0.39, 0.29) is 17.4 Å². The van der Waals surface area contributed by atoms with Crippen LogP contribution in [0.5, 0.6) is 0 Å². The molecule has 4 rings (SSSR count). The molecule has 3 aliphatic rings. The maximum absolute atomic E-state index is 11.1. The maximum atomic E-state index is 11.1. The molecule has 0 spiro atoms. The molecule has 2 aliphatic heterocycles. The Hall–Kier alpha value is -1.35. The van der Waals surface area contributed by atoms with Crippen LogP contribution in [0.15, 0.2) is 30.3 Å². The maximum Gasteiger partial charge on any atom is 0.310 e. The van der Waals surface area contributed by atoms with E-state index in [1.54, 1.807) is 0 Å². The summed E-state index contributed by atoms with van der Waals surface area (Å²) in [7, 11) is 0. The molecule has 0 unspecified atom stereocenters. The van der Waals surface area contributed by atoms with Gasteiger partial charge in [-0.15, -0.1) is 0 Å². The van der Waals surface area contributed by atoms with Gasteiger partial charge in [0.05, 0.1) is 18.6 Å². The quantitative estimate of drug-likeness (QED) is 0.792. The first-order chi connectivity index (χ1) is 7.24. The van der Waals surface area contributed by atoms with Crippen molar-refractivity contribution in [2.75, 3.05) is 6.61 Å². The van der Waals surface area contributed by atoms with E-state index in [2.05, 4.69) is 0 Å². The molecule has 3 heteroatoms. The Balaban J connectivity index is 2.02. The van der Waals surface area contributed by atoms with Gasteiger partial charge in [0.2, 0.25) is 0 Å². The van der Waals surface area contributed by atoms with Gasteiger partial charge in [-0.3, -0.25) is 4.79 Å². The summed E-state index contributed by atoms with van der Waals surface area (Å²) in [5, 5.41) is 9.16. The molecular formula is C12H12O3. The van der Waals surface area contributed by atoms with E-state index >= 15 is 0 Å². The van der Waals surface area contributed by atoms with Crippen molar-refractivity contribution < 1.29 is 14.6 Å². The van der Waals surface area contributed by atoms with Gasteiger partial charge in [-0.25, -0.2) is 0 Å². The van der Waals surface area contributed by atoms with Crippen LogP contribution in [0, 0.1) is 5.92 Å². The molecule has 0 amide bonds. The van der Waals surface area contributed by atoms with E-state index < -0.39 is 5.97 Å². The molecule has 1 N–H and O–H groups in total. The second-order valence-corrected chi connectivity index (χ2v) is 4.39. The van der Waals surface area contributed by atoms with E-state index in [0.29, 0.717) is 6.61 Å². The van der Waals surface area contributed by atoms with Crippen molar-refractivity contribution in [3.63, 3.8) is 0 Å². The van der Waals surface area contributed by atoms with Crippen LogP contribution < -0.4 is 0 Å². The number of hydrogen-bond acceptors (Lipinski definition) is 2.